The lowest BCUT2D eigenvalue weighted by atomic mass is 10.3. The van der Waals surface area contributed by atoms with Gasteiger partial charge in [-0.2, -0.15) is 0 Å². The first-order chi connectivity index (χ1) is 6.72. The Labute approximate surface area is 85.0 Å². The third-order valence-corrected chi connectivity index (χ3v) is 1.66. The number of hydrogen-bond acceptors (Lipinski definition) is 4. The van der Waals surface area contributed by atoms with Gasteiger partial charge in [0.15, 0.2) is 0 Å². The first kappa shape index (κ1) is 13.1. The van der Waals surface area contributed by atoms with Gasteiger partial charge >= 0.3 is 5.97 Å². The molecule has 82 valence electrons. The minimum Gasteiger partial charge on any atom is -0.463 e. The largest absolute Gasteiger partial charge is 0.463 e. The van der Waals surface area contributed by atoms with Gasteiger partial charge < -0.3 is 15.2 Å². The summed E-state index contributed by atoms with van der Waals surface area (Å²) in [6.45, 7) is 7.18. The molecule has 14 heavy (non-hydrogen) atoms. The van der Waals surface area contributed by atoms with Crippen LogP contribution in [0, 0.1) is 0 Å². The Morgan fingerprint density at radius 3 is 2.79 bits per heavy atom. The van der Waals surface area contributed by atoms with Gasteiger partial charge in [0, 0.05) is 18.7 Å². The second kappa shape index (κ2) is 8.72. The number of ether oxygens (including phenoxy) is 1. The van der Waals surface area contributed by atoms with Crippen LogP contribution in [0.2, 0.25) is 0 Å². The zero-order valence-corrected chi connectivity index (χ0v) is 8.71. The number of hydrogen-bond donors (Lipinski definition) is 2. The van der Waals surface area contributed by atoms with E-state index >= 15 is 0 Å². The van der Waals surface area contributed by atoms with Crippen molar-refractivity contribution in [3.05, 3.63) is 12.2 Å². The van der Waals surface area contributed by atoms with Crippen LogP contribution in [-0.4, -0.2) is 37.4 Å². The molecule has 0 amide bonds. The highest BCUT2D eigenvalue weighted by molar-refractivity contribution is 5.88. The summed E-state index contributed by atoms with van der Waals surface area (Å²) in [5, 5.41) is 11.6. The molecular formula is C10H19NO3. The lowest BCUT2D eigenvalue weighted by Gasteiger charge is -2.06. The normalized spacial score (nSPS) is 9.86. The van der Waals surface area contributed by atoms with E-state index in [-0.39, 0.29) is 12.6 Å². The van der Waals surface area contributed by atoms with Gasteiger partial charge in [-0.3, -0.25) is 0 Å². The summed E-state index contributed by atoms with van der Waals surface area (Å²) >= 11 is 0. The summed E-state index contributed by atoms with van der Waals surface area (Å²) in [4.78, 5) is 11.1. The fraction of sp³-hybridized carbons (Fsp3) is 0.700. The van der Waals surface area contributed by atoms with Crippen LogP contribution in [0.25, 0.3) is 0 Å². The molecule has 0 radical (unpaired) electrons. The van der Waals surface area contributed by atoms with Crippen molar-refractivity contribution in [3.63, 3.8) is 0 Å². The van der Waals surface area contributed by atoms with Gasteiger partial charge in [0.25, 0.3) is 0 Å². The van der Waals surface area contributed by atoms with Crippen LogP contribution < -0.4 is 5.32 Å². The molecule has 2 N–H and O–H groups in total. The zero-order valence-electron chi connectivity index (χ0n) is 8.71. The van der Waals surface area contributed by atoms with E-state index < -0.39 is 0 Å². The quantitative estimate of drug-likeness (QED) is 0.340. The van der Waals surface area contributed by atoms with E-state index in [2.05, 4.69) is 11.9 Å². The van der Waals surface area contributed by atoms with Crippen molar-refractivity contribution in [2.45, 2.75) is 19.8 Å². The van der Waals surface area contributed by atoms with Gasteiger partial charge in [-0.05, 0) is 26.3 Å². The van der Waals surface area contributed by atoms with E-state index in [1.807, 2.05) is 0 Å². The van der Waals surface area contributed by atoms with Crippen LogP contribution in [0.3, 0.4) is 0 Å². The molecule has 0 heterocycles. The monoisotopic (exact) mass is 201 g/mol. The average molecular weight is 201 g/mol. The Morgan fingerprint density at radius 2 is 2.21 bits per heavy atom. The van der Waals surface area contributed by atoms with Crippen LogP contribution in [0.15, 0.2) is 12.2 Å². The molecule has 0 fully saturated rings. The molecule has 0 aliphatic carbocycles. The zero-order chi connectivity index (χ0) is 10.8. The standard InChI is InChI=1S/C10H19NO3/c1-3-14-10(13)9(2)8-11-6-4-5-7-12/h11-12H,2-8H2,1H3. The van der Waals surface area contributed by atoms with Crippen molar-refractivity contribution in [1.82, 2.24) is 5.32 Å². The summed E-state index contributed by atoms with van der Waals surface area (Å²) in [5.41, 5.74) is 0.441. The van der Waals surface area contributed by atoms with Crippen molar-refractivity contribution in [1.29, 1.82) is 0 Å². The number of aliphatic hydroxyl groups is 1. The van der Waals surface area contributed by atoms with Gasteiger partial charge in [0.1, 0.15) is 0 Å². The molecule has 4 nitrogen and oxygen atoms in total. The third-order valence-electron chi connectivity index (χ3n) is 1.66. The van der Waals surface area contributed by atoms with E-state index in [4.69, 9.17) is 9.84 Å². The maximum Gasteiger partial charge on any atom is 0.334 e. The molecule has 4 heteroatoms. The number of carbonyl (C=O) groups is 1. The van der Waals surface area contributed by atoms with Gasteiger partial charge in [-0.1, -0.05) is 6.58 Å². The minimum absolute atomic E-state index is 0.209. The molecule has 0 aliphatic heterocycles. The van der Waals surface area contributed by atoms with Gasteiger partial charge in [0.2, 0.25) is 0 Å². The topological polar surface area (TPSA) is 58.6 Å². The summed E-state index contributed by atoms with van der Waals surface area (Å²) in [5.74, 6) is -0.345. The maximum absolute atomic E-state index is 11.1. The molecule has 0 saturated heterocycles. The Hall–Kier alpha value is -0.870. The highest BCUT2D eigenvalue weighted by Crippen LogP contribution is 1.93. The number of carbonyl (C=O) groups excluding carboxylic acids is 1. The molecular weight excluding hydrogens is 182 g/mol. The van der Waals surface area contributed by atoms with Crippen LogP contribution in [0.4, 0.5) is 0 Å². The summed E-state index contributed by atoms with van der Waals surface area (Å²) in [7, 11) is 0. The predicted molar refractivity (Wildman–Crippen MR) is 55.0 cm³/mol. The van der Waals surface area contributed by atoms with Crippen LogP contribution >= 0.6 is 0 Å². The molecule has 0 aliphatic rings. The first-order valence-corrected chi connectivity index (χ1v) is 4.88. The molecule has 0 rings (SSSR count). The van der Waals surface area contributed by atoms with Crippen LogP contribution in [0.5, 0.6) is 0 Å². The van der Waals surface area contributed by atoms with E-state index in [0.717, 1.165) is 19.4 Å². The smallest absolute Gasteiger partial charge is 0.334 e. The Bertz CT molecular complexity index is 180. The molecule has 0 aromatic carbocycles. The predicted octanol–water partition coefficient (Wildman–Crippen LogP) is 0.468. The van der Waals surface area contributed by atoms with Crippen molar-refractivity contribution in [2.24, 2.45) is 0 Å². The molecule has 0 bridgehead atoms. The Kier molecular flexibility index (Phi) is 8.17. The first-order valence-electron chi connectivity index (χ1n) is 4.88. The van der Waals surface area contributed by atoms with Gasteiger partial charge in [-0.15, -0.1) is 0 Å². The van der Waals surface area contributed by atoms with E-state index in [9.17, 15) is 4.79 Å². The molecule has 0 saturated carbocycles. The SMILES string of the molecule is C=C(CNCCCCO)C(=O)OCC. The number of aliphatic hydroxyl groups excluding tert-OH is 1. The number of unbranched alkanes of at least 4 members (excludes halogenated alkanes) is 1. The Balaban J connectivity index is 3.39. The second-order valence-electron chi connectivity index (χ2n) is 2.93. The molecule has 0 spiro atoms. The van der Waals surface area contributed by atoms with E-state index in [1.165, 1.54) is 0 Å². The highest BCUT2D eigenvalue weighted by Gasteiger charge is 2.05. The van der Waals surface area contributed by atoms with Crippen LogP contribution in [0.1, 0.15) is 19.8 Å². The minimum atomic E-state index is -0.345. The van der Waals surface area contributed by atoms with Crippen LogP contribution in [-0.2, 0) is 9.53 Å². The maximum atomic E-state index is 11.1. The van der Waals surface area contributed by atoms with Crippen molar-refractivity contribution < 1.29 is 14.6 Å². The highest BCUT2D eigenvalue weighted by atomic mass is 16.5. The summed E-state index contributed by atoms with van der Waals surface area (Å²) in [6, 6.07) is 0. The third kappa shape index (κ3) is 6.62. The van der Waals surface area contributed by atoms with E-state index in [0.29, 0.717) is 18.7 Å². The lowest BCUT2D eigenvalue weighted by molar-refractivity contribution is -0.138. The summed E-state index contributed by atoms with van der Waals surface area (Å²) in [6.07, 6.45) is 1.67. The fourth-order valence-electron chi connectivity index (χ4n) is 0.906. The van der Waals surface area contributed by atoms with Crippen molar-refractivity contribution >= 4 is 5.97 Å². The Morgan fingerprint density at radius 1 is 1.50 bits per heavy atom. The van der Waals surface area contributed by atoms with Crippen molar-refractivity contribution in [2.75, 3.05) is 26.3 Å². The average Bonchev–Trinajstić information content (AvgIpc) is 2.17. The number of esters is 1. The molecule has 0 atom stereocenters. The van der Waals surface area contributed by atoms with Crippen molar-refractivity contribution in [3.8, 4) is 0 Å². The molecule has 0 aromatic heterocycles. The van der Waals surface area contributed by atoms with E-state index in [1.54, 1.807) is 6.92 Å². The number of nitrogens with one attached hydrogen (secondary N) is 1. The molecule has 0 unspecified atom stereocenters. The lowest BCUT2D eigenvalue weighted by Crippen LogP contribution is -2.22. The molecule has 0 aromatic rings. The summed E-state index contributed by atoms with van der Waals surface area (Å²) < 4.78 is 4.76. The number of rotatable bonds is 8. The second-order valence-corrected chi connectivity index (χ2v) is 2.93. The van der Waals surface area contributed by atoms with Gasteiger partial charge in [-0.25, -0.2) is 4.79 Å². The fourth-order valence-corrected chi connectivity index (χ4v) is 0.906. The van der Waals surface area contributed by atoms with Gasteiger partial charge in [0.05, 0.1) is 6.61 Å².